The van der Waals surface area contributed by atoms with Crippen LogP contribution < -0.4 is 10.5 Å². The first kappa shape index (κ1) is 13.1. The Labute approximate surface area is 108 Å². The summed E-state index contributed by atoms with van der Waals surface area (Å²) in [6.45, 7) is 2.02. The minimum atomic E-state index is 0.0494. The second kappa shape index (κ2) is 5.53. The third kappa shape index (κ3) is 3.33. The molecule has 0 radical (unpaired) electrons. The minimum Gasteiger partial charge on any atom is -0.496 e. The Morgan fingerprint density at radius 3 is 2.83 bits per heavy atom. The Hall–Kier alpha value is -1.35. The first-order valence-electron chi connectivity index (χ1n) is 6.51. The molecule has 1 aromatic carbocycles. The molecule has 0 heterocycles. The first-order chi connectivity index (χ1) is 8.60. The van der Waals surface area contributed by atoms with Crippen LogP contribution in [0, 0.1) is 12.8 Å². The molecule has 0 spiro atoms. The molecule has 0 amide bonds. The zero-order valence-electron chi connectivity index (χ0n) is 11.1. The lowest BCUT2D eigenvalue weighted by Crippen LogP contribution is -2.26. The summed E-state index contributed by atoms with van der Waals surface area (Å²) in [4.78, 5) is 12.0. The lowest BCUT2D eigenvalue weighted by Gasteiger charge is -2.11. The van der Waals surface area contributed by atoms with E-state index < -0.39 is 0 Å². The number of nitrogens with two attached hydrogens (primary N) is 1. The van der Waals surface area contributed by atoms with E-state index in [0.29, 0.717) is 18.8 Å². The normalized spacial score (nSPS) is 16.4. The number of aryl methyl sites for hydroxylation is 1. The fraction of sp³-hybridized carbons (Fsp3) is 0.533. The van der Waals surface area contributed by atoms with Gasteiger partial charge < -0.3 is 10.5 Å². The van der Waals surface area contributed by atoms with Gasteiger partial charge >= 0.3 is 0 Å². The van der Waals surface area contributed by atoms with Crippen molar-refractivity contribution in [3.05, 3.63) is 29.3 Å². The minimum absolute atomic E-state index is 0.0494. The number of benzene rings is 1. The van der Waals surface area contributed by atoms with E-state index >= 15 is 0 Å². The van der Waals surface area contributed by atoms with Gasteiger partial charge in [0.2, 0.25) is 0 Å². The highest BCUT2D eigenvalue weighted by atomic mass is 16.5. The molecular formula is C15H21NO2. The van der Waals surface area contributed by atoms with Gasteiger partial charge in [-0.25, -0.2) is 0 Å². The van der Waals surface area contributed by atoms with Crippen molar-refractivity contribution in [2.24, 2.45) is 11.7 Å². The number of Topliss-reactive ketones (excluding diaryl/α,β-unsaturated/α-hetero) is 1. The number of methoxy groups -OCH3 is 1. The Bertz CT molecular complexity index is 438. The summed E-state index contributed by atoms with van der Waals surface area (Å²) in [5.41, 5.74) is 8.09. The van der Waals surface area contributed by atoms with Gasteiger partial charge in [-0.1, -0.05) is 17.7 Å². The average Bonchev–Trinajstić information content (AvgIpc) is 3.12. The molecule has 0 saturated heterocycles. The SMILES string of the molecule is COc1ccc(C)cc1CC(=O)CC(N)C1CC1. The Morgan fingerprint density at radius 2 is 2.22 bits per heavy atom. The van der Waals surface area contributed by atoms with Gasteiger partial charge in [-0.15, -0.1) is 0 Å². The average molecular weight is 247 g/mol. The van der Waals surface area contributed by atoms with E-state index in [9.17, 15) is 4.79 Å². The van der Waals surface area contributed by atoms with Gasteiger partial charge in [-0.3, -0.25) is 4.79 Å². The van der Waals surface area contributed by atoms with Crippen molar-refractivity contribution >= 4 is 5.78 Å². The van der Waals surface area contributed by atoms with Crippen LogP contribution in [0.5, 0.6) is 5.75 Å². The van der Waals surface area contributed by atoms with Crippen LogP contribution in [0.4, 0.5) is 0 Å². The van der Waals surface area contributed by atoms with Crippen LogP contribution in [0.2, 0.25) is 0 Å². The van der Waals surface area contributed by atoms with E-state index in [1.54, 1.807) is 7.11 Å². The zero-order valence-corrected chi connectivity index (χ0v) is 11.1. The van der Waals surface area contributed by atoms with Crippen LogP contribution in [-0.4, -0.2) is 18.9 Å². The maximum atomic E-state index is 12.0. The van der Waals surface area contributed by atoms with E-state index in [4.69, 9.17) is 10.5 Å². The smallest absolute Gasteiger partial charge is 0.138 e. The molecule has 98 valence electrons. The number of ketones is 1. The third-order valence-corrected chi connectivity index (χ3v) is 3.51. The summed E-state index contributed by atoms with van der Waals surface area (Å²) in [6, 6.07) is 5.97. The monoisotopic (exact) mass is 247 g/mol. The van der Waals surface area contributed by atoms with Crippen LogP contribution in [-0.2, 0) is 11.2 Å². The van der Waals surface area contributed by atoms with Crippen molar-refractivity contribution in [1.29, 1.82) is 0 Å². The van der Waals surface area contributed by atoms with Gasteiger partial charge in [0, 0.05) is 24.4 Å². The molecule has 0 aliphatic heterocycles. The number of carbonyl (C=O) groups is 1. The van der Waals surface area contributed by atoms with Crippen LogP contribution in [0.15, 0.2) is 18.2 Å². The molecule has 18 heavy (non-hydrogen) atoms. The lowest BCUT2D eigenvalue weighted by atomic mass is 9.99. The summed E-state index contributed by atoms with van der Waals surface area (Å²) in [5.74, 6) is 1.57. The topological polar surface area (TPSA) is 52.3 Å². The predicted molar refractivity (Wildman–Crippen MR) is 71.8 cm³/mol. The van der Waals surface area contributed by atoms with E-state index in [2.05, 4.69) is 0 Å². The maximum absolute atomic E-state index is 12.0. The Balaban J connectivity index is 1.98. The molecule has 1 aliphatic carbocycles. The highest BCUT2D eigenvalue weighted by Crippen LogP contribution is 2.33. The standard InChI is InChI=1S/C15H21NO2/c1-10-3-6-15(18-2)12(7-10)8-13(17)9-14(16)11-4-5-11/h3,6-7,11,14H,4-5,8-9,16H2,1-2H3. The van der Waals surface area contributed by atoms with Crippen molar-refractivity contribution in [3.63, 3.8) is 0 Å². The van der Waals surface area contributed by atoms with E-state index in [1.807, 2.05) is 25.1 Å². The van der Waals surface area contributed by atoms with Gasteiger partial charge in [0.15, 0.2) is 0 Å². The maximum Gasteiger partial charge on any atom is 0.138 e. The fourth-order valence-electron chi connectivity index (χ4n) is 2.28. The largest absolute Gasteiger partial charge is 0.496 e. The van der Waals surface area contributed by atoms with Crippen molar-refractivity contribution < 1.29 is 9.53 Å². The van der Waals surface area contributed by atoms with E-state index in [0.717, 1.165) is 16.9 Å². The van der Waals surface area contributed by atoms with Crippen LogP contribution >= 0.6 is 0 Å². The van der Waals surface area contributed by atoms with Gasteiger partial charge in [-0.05, 0) is 31.7 Å². The third-order valence-electron chi connectivity index (χ3n) is 3.51. The predicted octanol–water partition coefficient (Wildman–Crippen LogP) is 2.24. The van der Waals surface area contributed by atoms with Crippen molar-refractivity contribution in [2.45, 2.75) is 38.6 Å². The fourth-order valence-corrected chi connectivity index (χ4v) is 2.28. The Kier molecular flexibility index (Phi) is 4.02. The Morgan fingerprint density at radius 1 is 1.50 bits per heavy atom. The molecule has 1 saturated carbocycles. The molecule has 3 nitrogen and oxygen atoms in total. The first-order valence-corrected chi connectivity index (χ1v) is 6.51. The zero-order chi connectivity index (χ0) is 13.1. The van der Waals surface area contributed by atoms with Crippen LogP contribution in [0.3, 0.4) is 0 Å². The van der Waals surface area contributed by atoms with Crippen molar-refractivity contribution in [3.8, 4) is 5.75 Å². The molecule has 2 rings (SSSR count). The number of ether oxygens (including phenoxy) is 1. The highest BCUT2D eigenvalue weighted by Gasteiger charge is 2.29. The van der Waals surface area contributed by atoms with Gasteiger partial charge in [-0.2, -0.15) is 0 Å². The second-order valence-electron chi connectivity index (χ2n) is 5.24. The summed E-state index contributed by atoms with van der Waals surface area (Å²) in [5, 5.41) is 0. The molecule has 1 aliphatic rings. The van der Waals surface area contributed by atoms with Gasteiger partial charge in [0.25, 0.3) is 0 Å². The van der Waals surface area contributed by atoms with E-state index in [1.165, 1.54) is 12.8 Å². The molecule has 1 atom stereocenters. The van der Waals surface area contributed by atoms with Crippen LogP contribution in [0.25, 0.3) is 0 Å². The summed E-state index contributed by atoms with van der Waals surface area (Å²) >= 11 is 0. The number of rotatable bonds is 6. The molecule has 1 fully saturated rings. The quantitative estimate of drug-likeness (QED) is 0.838. The number of hydrogen-bond donors (Lipinski definition) is 1. The highest BCUT2D eigenvalue weighted by molar-refractivity contribution is 5.82. The van der Waals surface area contributed by atoms with Crippen molar-refractivity contribution in [1.82, 2.24) is 0 Å². The summed E-state index contributed by atoms with van der Waals surface area (Å²) in [7, 11) is 1.63. The van der Waals surface area contributed by atoms with Crippen molar-refractivity contribution in [2.75, 3.05) is 7.11 Å². The van der Waals surface area contributed by atoms with Gasteiger partial charge in [0.1, 0.15) is 11.5 Å². The molecule has 1 aromatic rings. The number of hydrogen-bond acceptors (Lipinski definition) is 3. The lowest BCUT2D eigenvalue weighted by molar-refractivity contribution is -0.118. The molecule has 0 aromatic heterocycles. The second-order valence-corrected chi connectivity index (χ2v) is 5.24. The molecule has 1 unspecified atom stereocenters. The number of carbonyl (C=O) groups excluding carboxylic acids is 1. The summed E-state index contributed by atoms with van der Waals surface area (Å²) < 4.78 is 5.28. The molecule has 3 heteroatoms. The van der Waals surface area contributed by atoms with Gasteiger partial charge in [0.05, 0.1) is 7.11 Å². The van der Waals surface area contributed by atoms with E-state index in [-0.39, 0.29) is 11.8 Å². The molecule has 0 bridgehead atoms. The molecular weight excluding hydrogens is 226 g/mol. The molecule has 2 N–H and O–H groups in total. The van der Waals surface area contributed by atoms with Crippen LogP contribution in [0.1, 0.15) is 30.4 Å². The summed E-state index contributed by atoms with van der Waals surface area (Å²) in [6.07, 6.45) is 3.28.